The predicted molar refractivity (Wildman–Crippen MR) is 118 cm³/mol. The molecule has 9 nitrogen and oxygen atoms in total. The monoisotopic (exact) mass is 419 g/mol. The summed E-state index contributed by atoms with van der Waals surface area (Å²) in [6, 6.07) is 3.90. The SMILES string of the molecule is Cc1cc2nccnc2cc1Nc1ncc2c(n1)n([C@H]1CC[C@@](C)(O)CC1)c(=O)n2C. The predicted octanol–water partition coefficient (Wildman–Crippen LogP) is 2.99. The van der Waals surface area contributed by atoms with Gasteiger partial charge in [-0.2, -0.15) is 4.98 Å². The average Bonchev–Trinajstić information content (AvgIpc) is 2.99. The Morgan fingerprint density at radius 1 is 1.13 bits per heavy atom. The first-order valence-electron chi connectivity index (χ1n) is 10.5. The number of aryl methyl sites for hydroxylation is 2. The van der Waals surface area contributed by atoms with Gasteiger partial charge in [-0.1, -0.05) is 0 Å². The lowest BCUT2D eigenvalue weighted by molar-refractivity contribution is 0.00991. The Morgan fingerprint density at radius 3 is 2.52 bits per heavy atom. The molecule has 5 rings (SSSR count). The van der Waals surface area contributed by atoms with E-state index in [2.05, 4.69) is 20.3 Å². The molecule has 3 heterocycles. The summed E-state index contributed by atoms with van der Waals surface area (Å²) in [5, 5.41) is 13.6. The minimum Gasteiger partial charge on any atom is -0.390 e. The molecule has 9 heteroatoms. The van der Waals surface area contributed by atoms with Crippen LogP contribution in [0.5, 0.6) is 0 Å². The molecule has 0 saturated heterocycles. The van der Waals surface area contributed by atoms with Crippen LogP contribution >= 0.6 is 0 Å². The van der Waals surface area contributed by atoms with Crippen LogP contribution in [0.4, 0.5) is 11.6 Å². The van der Waals surface area contributed by atoms with Crippen LogP contribution in [0.25, 0.3) is 22.2 Å². The van der Waals surface area contributed by atoms with Gasteiger partial charge in [0.1, 0.15) is 5.52 Å². The van der Waals surface area contributed by atoms with Crippen molar-refractivity contribution in [3.63, 3.8) is 0 Å². The van der Waals surface area contributed by atoms with E-state index in [4.69, 9.17) is 4.98 Å². The van der Waals surface area contributed by atoms with Crippen LogP contribution in [0.1, 0.15) is 44.2 Å². The van der Waals surface area contributed by atoms with Crippen LogP contribution in [0.15, 0.2) is 35.5 Å². The van der Waals surface area contributed by atoms with Gasteiger partial charge >= 0.3 is 5.69 Å². The zero-order valence-electron chi connectivity index (χ0n) is 17.8. The maximum atomic E-state index is 13.0. The summed E-state index contributed by atoms with van der Waals surface area (Å²) < 4.78 is 3.35. The van der Waals surface area contributed by atoms with Gasteiger partial charge in [-0.3, -0.25) is 19.1 Å². The number of aliphatic hydroxyl groups is 1. The van der Waals surface area contributed by atoms with Crippen LogP contribution < -0.4 is 11.0 Å². The molecule has 1 saturated carbocycles. The zero-order chi connectivity index (χ0) is 21.8. The molecule has 0 bridgehead atoms. The molecule has 0 aliphatic heterocycles. The molecule has 0 radical (unpaired) electrons. The number of nitrogens with zero attached hydrogens (tertiary/aromatic N) is 6. The third kappa shape index (κ3) is 3.44. The second-order valence-corrected chi connectivity index (χ2v) is 8.68. The molecule has 0 atom stereocenters. The molecule has 0 spiro atoms. The summed E-state index contributed by atoms with van der Waals surface area (Å²) in [4.78, 5) is 30.8. The number of benzene rings is 1. The first-order valence-corrected chi connectivity index (χ1v) is 10.5. The number of fused-ring (bicyclic) bond motifs is 2. The number of aromatic nitrogens is 6. The van der Waals surface area contributed by atoms with E-state index in [0.29, 0.717) is 30.0 Å². The van der Waals surface area contributed by atoms with E-state index in [-0.39, 0.29) is 11.7 Å². The van der Waals surface area contributed by atoms with Crippen molar-refractivity contribution < 1.29 is 5.11 Å². The van der Waals surface area contributed by atoms with Gasteiger partial charge in [0.05, 0.1) is 22.8 Å². The van der Waals surface area contributed by atoms with Crippen LogP contribution in [0.2, 0.25) is 0 Å². The first-order chi connectivity index (χ1) is 14.8. The van der Waals surface area contributed by atoms with Crippen molar-refractivity contribution in [2.45, 2.75) is 51.2 Å². The molecular weight excluding hydrogens is 394 g/mol. The van der Waals surface area contributed by atoms with Gasteiger partial charge in [0.2, 0.25) is 5.95 Å². The van der Waals surface area contributed by atoms with Gasteiger partial charge in [-0.15, -0.1) is 0 Å². The highest BCUT2D eigenvalue weighted by Crippen LogP contribution is 2.35. The van der Waals surface area contributed by atoms with Crippen LogP contribution in [-0.4, -0.2) is 39.8 Å². The quantitative estimate of drug-likeness (QED) is 0.525. The normalized spacial score (nSPS) is 21.6. The molecule has 1 aromatic carbocycles. The van der Waals surface area contributed by atoms with E-state index in [9.17, 15) is 9.90 Å². The minimum atomic E-state index is -0.664. The fraction of sp³-hybridized carbons (Fsp3) is 0.409. The van der Waals surface area contributed by atoms with Gasteiger partial charge in [0.25, 0.3) is 0 Å². The standard InChI is InChI=1S/C22H25N7O2/c1-13-10-16-17(24-9-8-23-16)11-15(13)26-20-25-12-18-19(27-20)29(21(30)28(18)3)14-4-6-22(2,31)7-5-14/h8-12,14,31H,4-7H2,1-3H3,(H,25,26,27)/t14-,22+. The van der Waals surface area contributed by atoms with Crippen molar-refractivity contribution in [3.05, 3.63) is 46.8 Å². The largest absolute Gasteiger partial charge is 0.390 e. The maximum Gasteiger partial charge on any atom is 0.330 e. The Balaban J connectivity index is 1.54. The minimum absolute atomic E-state index is 0.0110. The Hall–Kier alpha value is -3.33. The summed E-state index contributed by atoms with van der Waals surface area (Å²) in [6.07, 6.45) is 7.81. The molecule has 4 aromatic rings. The van der Waals surface area contributed by atoms with Gasteiger partial charge in [-0.25, -0.2) is 9.78 Å². The second-order valence-electron chi connectivity index (χ2n) is 8.68. The Labute approximate surface area is 178 Å². The van der Waals surface area contributed by atoms with Crippen molar-refractivity contribution >= 4 is 33.8 Å². The van der Waals surface area contributed by atoms with E-state index < -0.39 is 5.60 Å². The summed E-state index contributed by atoms with van der Waals surface area (Å²) >= 11 is 0. The van der Waals surface area contributed by atoms with E-state index in [0.717, 1.165) is 35.1 Å². The molecule has 0 unspecified atom stereocenters. The van der Waals surface area contributed by atoms with Gasteiger partial charge in [0, 0.05) is 31.2 Å². The summed E-state index contributed by atoms with van der Waals surface area (Å²) in [6.45, 7) is 3.84. The average molecular weight is 419 g/mol. The number of imidazole rings is 1. The molecule has 2 N–H and O–H groups in total. The van der Waals surface area contributed by atoms with Crippen molar-refractivity contribution in [2.24, 2.45) is 7.05 Å². The first kappa shape index (κ1) is 19.6. The van der Waals surface area contributed by atoms with E-state index in [1.54, 1.807) is 34.8 Å². The Morgan fingerprint density at radius 2 is 1.81 bits per heavy atom. The smallest absolute Gasteiger partial charge is 0.330 e. The van der Waals surface area contributed by atoms with Crippen molar-refractivity contribution in [3.8, 4) is 0 Å². The molecule has 1 aliphatic rings. The number of nitrogens with one attached hydrogen (secondary N) is 1. The third-order valence-electron chi connectivity index (χ3n) is 6.29. The molecule has 1 fully saturated rings. The van der Waals surface area contributed by atoms with E-state index in [1.165, 1.54) is 0 Å². The Kier molecular flexibility index (Phi) is 4.51. The van der Waals surface area contributed by atoms with Crippen LogP contribution in [0, 0.1) is 6.92 Å². The second kappa shape index (κ2) is 7.12. The summed E-state index contributed by atoms with van der Waals surface area (Å²) in [5.41, 5.74) is 3.97. The van der Waals surface area contributed by atoms with E-state index in [1.807, 2.05) is 26.0 Å². The molecule has 31 heavy (non-hydrogen) atoms. The summed E-state index contributed by atoms with van der Waals surface area (Å²) in [5.74, 6) is 0.418. The lowest BCUT2D eigenvalue weighted by Gasteiger charge is -2.33. The zero-order valence-corrected chi connectivity index (χ0v) is 17.8. The highest BCUT2D eigenvalue weighted by Gasteiger charge is 2.31. The number of hydrogen-bond acceptors (Lipinski definition) is 7. The lowest BCUT2D eigenvalue weighted by atomic mass is 9.83. The molecule has 3 aromatic heterocycles. The molecule has 160 valence electrons. The van der Waals surface area contributed by atoms with Crippen molar-refractivity contribution in [1.29, 1.82) is 0 Å². The molecule has 1 aliphatic carbocycles. The fourth-order valence-electron chi connectivity index (χ4n) is 4.38. The van der Waals surface area contributed by atoms with E-state index >= 15 is 0 Å². The van der Waals surface area contributed by atoms with Crippen LogP contribution in [0.3, 0.4) is 0 Å². The fourth-order valence-corrected chi connectivity index (χ4v) is 4.38. The van der Waals surface area contributed by atoms with Crippen molar-refractivity contribution in [2.75, 3.05) is 5.32 Å². The third-order valence-corrected chi connectivity index (χ3v) is 6.29. The number of hydrogen-bond donors (Lipinski definition) is 2. The lowest BCUT2D eigenvalue weighted by Crippen LogP contribution is -2.35. The molecular formula is C22H25N7O2. The highest BCUT2D eigenvalue weighted by molar-refractivity contribution is 5.82. The van der Waals surface area contributed by atoms with Gasteiger partial charge in [0.15, 0.2) is 5.65 Å². The number of anilines is 2. The van der Waals surface area contributed by atoms with Gasteiger partial charge < -0.3 is 10.4 Å². The number of rotatable bonds is 3. The van der Waals surface area contributed by atoms with Crippen LogP contribution in [-0.2, 0) is 7.05 Å². The summed E-state index contributed by atoms with van der Waals surface area (Å²) in [7, 11) is 1.74. The van der Waals surface area contributed by atoms with Crippen molar-refractivity contribution in [1.82, 2.24) is 29.1 Å². The topological polar surface area (TPSA) is 111 Å². The maximum absolute atomic E-state index is 13.0. The van der Waals surface area contributed by atoms with Gasteiger partial charge in [-0.05, 0) is 57.2 Å². The molecule has 0 amide bonds. The highest BCUT2D eigenvalue weighted by atomic mass is 16.3. The Bertz CT molecular complexity index is 1350.